The van der Waals surface area contributed by atoms with Crippen LogP contribution in [0, 0.1) is 22.7 Å². The van der Waals surface area contributed by atoms with E-state index in [1.807, 2.05) is 6.92 Å². The minimum Gasteiger partial charge on any atom is -0.369 e. The van der Waals surface area contributed by atoms with Gasteiger partial charge >= 0.3 is 0 Å². The molecule has 0 bridgehead atoms. The van der Waals surface area contributed by atoms with Crippen LogP contribution in [0.3, 0.4) is 0 Å². The SMILES string of the molecule is CC1(C(N)=O)CCC2[C@@H](C1)C2(C)C. The van der Waals surface area contributed by atoms with Gasteiger partial charge in [-0.1, -0.05) is 20.8 Å². The molecule has 2 heteroatoms. The molecule has 0 aliphatic heterocycles. The molecular formula is C11H19NO. The molecule has 2 N–H and O–H groups in total. The predicted octanol–water partition coefficient (Wildman–Crippen LogP) is 1.93. The molecule has 2 aliphatic carbocycles. The van der Waals surface area contributed by atoms with E-state index in [-0.39, 0.29) is 11.3 Å². The third-order valence-electron chi connectivity index (χ3n) is 4.56. The normalized spacial score (nSPS) is 46.7. The highest BCUT2D eigenvalue weighted by molar-refractivity contribution is 5.80. The number of amides is 1. The number of carbonyl (C=O) groups is 1. The average molecular weight is 181 g/mol. The van der Waals surface area contributed by atoms with Crippen LogP contribution in [0.4, 0.5) is 0 Å². The van der Waals surface area contributed by atoms with Crippen molar-refractivity contribution in [1.82, 2.24) is 0 Å². The van der Waals surface area contributed by atoms with Crippen LogP contribution in [0.2, 0.25) is 0 Å². The molecule has 2 rings (SSSR count). The minimum atomic E-state index is -0.213. The molecule has 0 radical (unpaired) electrons. The van der Waals surface area contributed by atoms with E-state index in [0.29, 0.717) is 5.41 Å². The van der Waals surface area contributed by atoms with Gasteiger partial charge in [0, 0.05) is 5.41 Å². The number of hydrogen-bond acceptors (Lipinski definition) is 1. The maximum atomic E-state index is 11.3. The van der Waals surface area contributed by atoms with Gasteiger partial charge in [-0.15, -0.1) is 0 Å². The molecule has 0 aromatic rings. The van der Waals surface area contributed by atoms with E-state index in [9.17, 15) is 4.79 Å². The van der Waals surface area contributed by atoms with Gasteiger partial charge in [-0.3, -0.25) is 4.79 Å². The average Bonchev–Trinajstić information content (AvgIpc) is 2.53. The summed E-state index contributed by atoms with van der Waals surface area (Å²) in [5.74, 6) is 1.51. The Labute approximate surface area is 79.9 Å². The van der Waals surface area contributed by atoms with E-state index < -0.39 is 0 Å². The second-order valence-corrected chi connectivity index (χ2v) is 5.70. The van der Waals surface area contributed by atoms with E-state index >= 15 is 0 Å². The molecule has 2 saturated carbocycles. The Balaban J connectivity index is 2.12. The van der Waals surface area contributed by atoms with Crippen LogP contribution in [0.1, 0.15) is 40.0 Å². The van der Waals surface area contributed by atoms with Crippen molar-refractivity contribution in [1.29, 1.82) is 0 Å². The van der Waals surface area contributed by atoms with Crippen LogP contribution in [-0.2, 0) is 4.79 Å². The Kier molecular flexibility index (Phi) is 1.59. The molecule has 0 aromatic carbocycles. The van der Waals surface area contributed by atoms with Gasteiger partial charge in [0.2, 0.25) is 5.91 Å². The van der Waals surface area contributed by atoms with Crippen LogP contribution < -0.4 is 5.73 Å². The lowest BCUT2D eigenvalue weighted by Gasteiger charge is -2.29. The first kappa shape index (κ1) is 9.04. The van der Waals surface area contributed by atoms with E-state index in [2.05, 4.69) is 13.8 Å². The molecule has 0 spiro atoms. The number of rotatable bonds is 1. The zero-order valence-electron chi connectivity index (χ0n) is 8.76. The number of hydrogen-bond donors (Lipinski definition) is 1. The number of fused-ring (bicyclic) bond motifs is 1. The fraction of sp³-hybridized carbons (Fsp3) is 0.909. The standard InChI is InChI=1S/C11H19NO/c1-10(2)7-4-5-11(3,9(12)13)6-8(7)10/h7-8H,4-6H2,1-3H3,(H2,12,13)/t7?,8-,11?/m1/s1. The summed E-state index contributed by atoms with van der Waals surface area (Å²) < 4.78 is 0. The quantitative estimate of drug-likeness (QED) is 0.660. The fourth-order valence-electron chi connectivity index (χ4n) is 3.12. The fourth-order valence-corrected chi connectivity index (χ4v) is 3.12. The highest BCUT2D eigenvalue weighted by Crippen LogP contribution is 2.67. The Bertz CT molecular complexity index is 259. The molecule has 0 heterocycles. The van der Waals surface area contributed by atoms with Crippen molar-refractivity contribution in [3.63, 3.8) is 0 Å². The first-order valence-corrected chi connectivity index (χ1v) is 5.18. The number of nitrogens with two attached hydrogens (primary N) is 1. The van der Waals surface area contributed by atoms with Gasteiger partial charge in [0.1, 0.15) is 0 Å². The summed E-state index contributed by atoms with van der Waals surface area (Å²) in [5, 5.41) is 0. The molecule has 74 valence electrons. The Morgan fingerprint density at radius 2 is 1.92 bits per heavy atom. The molecule has 2 aliphatic rings. The first-order valence-electron chi connectivity index (χ1n) is 5.18. The second kappa shape index (κ2) is 2.28. The molecule has 0 aromatic heterocycles. The number of primary amides is 1. The van der Waals surface area contributed by atoms with Crippen LogP contribution in [-0.4, -0.2) is 5.91 Å². The molecular weight excluding hydrogens is 162 g/mol. The maximum Gasteiger partial charge on any atom is 0.223 e. The van der Waals surface area contributed by atoms with Gasteiger partial charge in [0.25, 0.3) is 0 Å². The molecule has 2 nitrogen and oxygen atoms in total. The second-order valence-electron chi connectivity index (χ2n) is 5.70. The predicted molar refractivity (Wildman–Crippen MR) is 51.9 cm³/mol. The molecule has 1 amide bonds. The summed E-state index contributed by atoms with van der Waals surface area (Å²) in [5.41, 5.74) is 5.70. The lowest BCUT2D eigenvalue weighted by Crippen LogP contribution is -2.36. The van der Waals surface area contributed by atoms with Crippen molar-refractivity contribution in [3.8, 4) is 0 Å². The van der Waals surface area contributed by atoms with E-state index in [4.69, 9.17) is 5.73 Å². The van der Waals surface area contributed by atoms with Gasteiger partial charge < -0.3 is 5.73 Å². The first-order chi connectivity index (χ1) is 5.88. The molecule has 3 atom stereocenters. The van der Waals surface area contributed by atoms with Crippen molar-refractivity contribution in [3.05, 3.63) is 0 Å². The summed E-state index contributed by atoms with van der Waals surface area (Å²) in [6.45, 7) is 6.66. The monoisotopic (exact) mass is 181 g/mol. The third-order valence-corrected chi connectivity index (χ3v) is 4.56. The van der Waals surface area contributed by atoms with Crippen molar-refractivity contribution in [2.75, 3.05) is 0 Å². The van der Waals surface area contributed by atoms with Crippen LogP contribution in [0.25, 0.3) is 0 Å². The van der Waals surface area contributed by atoms with E-state index in [1.165, 1.54) is 6.42 Å². The Hall–Kier alpha value is -0.530. The van der Waals surface area contributed by atoms with Gasteiger partial charge in [0.15, 0.2) is 0 Å². The summed E-state index contributed by atoms with van der Waals surface area (Å²) in [6.07, 6.45) is 3.20. The maximum absolute atomic E-state index is 11.3. The summed E-state index contributed by atoms with van der Waals surface area (Å²) in [4.78, 5) is 11.3. The largest absolute Gasteiger partial charge is 0.369 e. The zero-order valence-corrected chi connectivity index (χ0v) is 8.76. The minimum absolute atomic E-state index is 0.103. The lowest BCUT2D eigenvalue weighted by molar-refractivity contribution is -0.128. The molecule has 2 fully saturated rings. The molecule has 2 unspecified atom stereocenters. The van der Waals surface area contributed by atoms with Gasteiger partial charge in [-0.25, -0.2) is 0 Å². The topological polar surface area (TPSA) is 43.1 Å². The smallest absolute Gasteiger partial charge is 0.223 e. The molecule has 0 saturated heterocycles. The zero-order chi connectivity index (χ0) is 9.85. The Morgan fingerprint density at radius 3 is 2.38 bits per heavy atom. The van der Waals surface area contributed by atoms with Crippen LogP contribution in [0.5, 0.6) is 0 Å². The highest BCUT2D eigenvalue weighted by atomic mass is 16.1. The van der Waals surface area contributed by atoms with Crippen molar-refractivity contribution in [2.45, 2.75) is 40.0 Å². The summed E-state index contributed by atoms with van der Waals surface area (Å²) in [6, 6.07) is 0. The molecule has 13 heavy (non-hydrogen) atoms. The van der Waals surface area contributed by atoms with Crippen molar-refractivity contribution < 1.29 is 4.79 Å². The number of carbonyl (C=O) groups excluding carboxylic acids is 1. The summed E-state index contributed by atoms with van der Waals surface area (Å²) in [7, 11) is 0. The third kappa shape index (κ3) is 1.11. The van der Waals surface area contributed by atoms with Gasteiger partial charge in [0.05, 0.1) is 0 Å². The lowest BCUT2D eigenvalue weighted by atomic mass is 9.75. The van der Waals surface area contributed by atoms with Gasteiger partial charge in [-0.2, -0.15) is 0 Å². The van der Waals surface area contributed by atoms with Crippen molar-refractivity contribution in [2.24, 2.45) is 28.4 Å². The van der Waals surface area contributed by atoms with Crippen molar-refractivity contribution >= 4 is 5.91 Å². The van der Waals surface area contributed by atoms with Crippen LogP contribution >= 0.6 is 0 Å². The highest BCUT2D eigenvalue weighted by Gasteiger charge is 2.62. The summed E-state index contributed by atoms with van der Waals surface area (Å²) >= 11 is 0. The van der Waals surface area contributed by atoms with Crippen LogP contribution in [0.15, 0.2) is 0 Å². The van der Waals surface area contributed by atoms with E-state index in [0.717, 1.165) is 24.7 Å². The van der Waals surface area contributed by atoms with E-state index in [1.54, 1.807) is 0 Å². The Morgan fingerprint density at radius 1 is 1.31 bits per heavy atom. The van der Waals surface area contributed by atoms with Gasteiger partial charge in [-0.05, 0) is 36.5 Å².